The largest absolute Gasteiger partial charge is 0.481 e. The van der Waals surface area contributed by atoms with Gasteiger partial charge < -0.3 is 20.8 Å². The van der Waals surface area contributed by atoms with Crippen molar-refractivity contribution in [2.24, 2.45) is 5.73 Å². The van der Waals surface area contributed by atoms with Crippen LogP contribution in [0.1, 0.15) is 33.4 Å². The Bertz CT molecular complexity index is 1320. The zero-order valence-electron chi connectivity index (χ0n) is 17.3. The lowest BCUT2D eigenvalue weighted by Gasteiger charge is -2.12. The molecule has 1 aromatic carbocycles. The lowest BCUT2D eigenvalue weighted by molar-refractivity contribution is -0.112. The van der Waals surface area contributed by atoms with E-state index in [4.69, 9.17) is 22.1 Å². The number of nitrogens with zero attached hydrogens (tertiary/aromatic N) is 2. The van der Waals surface area contributed by atoms with Crippen LogP contribution in [0.15, 0.2) is 54.9 Å². The molecule has 0 spiro atoms. The van der Waals surface area contributed by atoms with E-state index >= 15 is 0 Å². The van der Waals surface area contributed by atoms with E-state index in [1.165, 1.54) is 25.6 Å². The molecule has 0 saturated heterocycles. The number of rotatable bonds is 6. The smallest absolute Gasteiger partial charge is 0.296 e. The third-order valence-corrected chi connectivity index (χ3v) is 5.30. The molecule has 1 unspecified atom stereocenters. The van der Waals surface area contributed by atoms with Gasteiger partial charge >= 0.3 is 0 Å². The fourth-order valence-corrected chi connectivity index (χ4v) is 3.58. The molecule has 0 aliphatic rings. The maximum Gasteiger partial charge on any atom is 0.296 e. The zero-order valence-corrected chi connectivity index (χ0v) is 18.1. The maximum atomic E-state index is 13.1. The number of methoxy groups -OCH3 is 1. The maximum absolute atomic E-state index is 13.1. The Morgan fingerprint density at radius 1 is 1.16 bits per heavy atom. The number of Topliss-reactive ketones (excluding diaryl/α,β-unsaturated/α-hetero) is 1. The molecule has 0 radical (unpaired) electrons. The van der Waals surface area contributed by atoms with Gasteiger partial charge in [0, 0.05) is 40.7 Å². The van der Waals surface area contributed by atoms with Gasteiger partial charge in [-0.2, -0.15) is 0 Å². The predicted molar refractivity (Wildman–Crippen MR) is 122 cm³/mol. The van der Waals surface area contributed by atoms with Gasteiger partial charge in [0.1, 0.15) is 0 Å². The van der Waals surface area contributed by atoms with E-state index in [0.717, 1.165) is 11.1 Å². The highest BCUT2D eigenvalue weighted by Gasteiger charge is 2.24. The van der Waals surface area contributed by atoms with E-state index in [-0.39, 0.29) is 5.56 Å². The van der Waals surface area contributed by atoms with Gasteiger partial charge in [0.05, 0.1) is 29.4 Å². The van der Waals surface area contributed by atoms with Crippen molar-refractivity contribution in [1.29, 1.82) is 0 Å². The average molecular weight is 450 g/mol. The van der Waals surface area contributed by atoms with Gasteiger partial charge in [0.25, 0.3) is 11.7 Å². The van der Waals surface area contributed by atoms with Crippen LogP contribution in [0.5, 0.6) is 5.88 Å². The molecule has 32 heavy (non-hydrogen) atoms. The first-order valence-electron chi connectivity index (χ1n) is 9.72. The van der Waals surface area contributed by atoms with Crippen molar-refractivity contribution >= 4 is 39.9 Å². The predicted octanol–water partition coefficient (Wildman–Crippen LogP) is 3.80. The highest BCUT2D eigenvalue weighted by molar-refractivity contribution is 6.48. The topological polar surface area (TPSA) is 123 Å². The van der Waals surface area contributed by atoms with Crippen molar-refractivity contribution < 1.29 is 14.3 Å². The van der Waals surface area contributed by atoms with E-state index in [1.807, 2.05) is 12.1 Å². The van der Waals surface area contributed by atoms with E-state index in [0.29, 0.717) is 33.4 Å². The van der Waals surface area contributed by atoms with Crippen molar-refractivity contribution in [3.63, 3.8) is 0 Å². The summed E-state index contributed by atoms with van der Waals surface area (Å²) < 4.78 is 5.05. The Hall–Kier alpha value is -3.75. The van der Waals surface area contributed by atoms with Crippen molar-refractivity contribution in [3.05, 3.63) is 82.4 Å². The molecule has 0 aliphatic carbocycles. The number of amides is 1. The van der Waals surface area contributed by atoms with Crippen LogP contribution in [0.4, 0.5) is 5.69 Å². The summed E-state index contributed by atoms with van der Waals surface area (Å²) in [6.45, 7) is 1.75. The third kappa shape index (κ3) is 4.18. The normalized spacial score (nSPS) is 11.9. The minimum Gasteiger partial charge on any atom is -0.481 e. The summed E-state index contributed by atoms with van der Waals surface area (Å²) in [6.07, 6.45) is 3.01. The molecule has 4 rings (SSSR count). The number of hydrogen-bond donors (Lipinski definition) is 3. The average Bonchev–Trinajstić information content (AvgIpc) is 3.13. The standard InChI is InChI=1S/C23H20ClN5O3/c1-12-20(22(30)23(31)29-15-7-8-26-19(10-15)32-2)16-9-13(3-5-17(16)28-12)21(25)18-6-4-14(24)11-27-18/h3-11,21,28H,25H2,1-2H3,(H,26,29,31). The van der Waals surface area contributed by atoms with E-state index < -0.39 is 17.7 Å². The molecule has 0 aliphatic heterocycles. The zero-order chi connectivity index (χ0) is 22.8. The van der Waals surface area contributed by atoms with Crippen molar-refractivity contribution in [2.45, 2.75) is 13.0 Å². The molecule has 3 aromatic heterocycles. The van der Waals surface area contributed by atoms with Gasteiger partial charge in [0.15, 0.2) is 0 Å². The minimum atomic E-state index is -0.767. The van der Waals surface area contributed by atoms with Crippen LogP contribution in [0.25, 0.3) is 10.9 Å². The second-order valence-electron chi connectivity index (χ2n) is 7.18. The van der Waals surface area contributed by atoms with E-state index in [2.05, 4.69) is 20.3 Å². The minimum absolute atomic E-state index is 0.289. The van der Waals surface area contributed by atoms with Gasteiger partial charge in [-0.15, -0.1) is 0 Å². The molecule has 3 heterocycles. The summed E-state index contributed by atoms with van der Waals surface area (Å²) in [5.74, 6) is -1.11. The molecule has 0 fully saturated rings. The Morgan fingerprint density at radius 3 is 2.69 bits per heavy atom. The van der Waals surface area contributed by atoms with Crippen molar-refractivity contribution in [1.82, 2.24) is 15.0 Å². The number of carbonyl (C=O) groups excluding carboxylic acids is 2. The van der Waals surface area contributed by atoms with Crippen molar-refractivity contribution in [3.8, 4) is 5.88 Å². The second-order valence-corrected chi connectivity index (χ2v) is 7.62. The number of aryl methyl sites for hydroxylation is 1. The highest BCUT2D eigenvalue weighted by atomic mass is 35.5. The number of aromatic nitrogens is 3. The Kier molecular flexibility index (Phi) is 5.89. The molecular weight excluding hydrogens is 430 g/mol. The SMILES string of the molecule is COc1cc(NC(=O)C(=O)c2c(C)[nH]c3ccc(C(N)c4ccc(Cl)cn4)cc23)ccn1. The number of H-pyrrole nitrogens is 1. The molecule has 9 heteroatoms. The summed E-state index contributed by atoms with van der Waals surface area (Å²) in [5, 5.41) is 3.72. The Morgan fingerprint density at radius 2 is 1.97 bits per heavy atom. The number of fused-ring (bicyclic) bond motifs is 1. The lowest BCUT2D eigenvalue weighted by atomic mass is 9.99. The fourth-order valence-electron chi connectivity index (χ4n) is 3.47. The summed E-state index contributed by atoms with van der Waals surface area (Å²) in [5.41, 5.74) is 9.78. The number of carbonyl (C=O) groups is 2. The number of nitrogens with one attached hydrogen (secondary N) is 2. The molecule has 162 valence electrons. The number of benzene rings is 1. The van der Waals surface area contributed by atoms with Crippen LogP contribution in [0.2, 0.25) is 5.02 Å². The fraction of sp³-hybridized carbons (Fsp3) is 0.130. The monoisotopic (exact) mass is 449 g/mol. The highest BCUT2D eigenvalue weighted by Crippen LogP contribution is 2.28. The number of anilines is 1. The number of halogens is 1. The first-order chi connectivity index (χ1) is 15.4. The van der Waals surface area contributed by atoms with Gasteiger partial charge in [0.2, 0.25) is 5.88 Å². The molecule has 4 aromatic rings. The van der Waals surface area contributed by atoms with Crippen LogP contribution in [0, 0.1) is 6.92 Å². The van der Waals surface area contributed by atoms with Crippen LogP contribution in [-0.2, 0) is 4.79 Å². The second kappa shape index (κ2) is 8.78. The first kappa shape index (κ1) is 21.5. The number of ether oxygens (including phenoxy) is 1. The van der Waals surface area contributed by atoms with E-state index in [9.17, 15) is 9.59 Å². The number of aromatic amines is 1. The third-order valence-electron chi connectivity index (χ3n) is 5.07. The molecular formula is C23H20ClN5O3. The lowest BCUT2D eigenvalue weighted by Crippen LogP contribution is -2.23. The van der Waals surface area contributed by atoms with Gasteiger partial charge in [-0.3, -0.25) is 14.6 Å². The molecule has 0 bridgehead atoms. The molecule has 1 atom stereocenters. The number of pyridine rings is 2. The van der Waals surface area contributed by atoms with Crippen LogP contribution < -0.4 is 15.8 Å². The summed E-state index contributed by atoms with van der Waals surface area (Å²) in [6, 6.07) is 11.5. The molecule has 8 nitrogen and oxygen atoms in total. The summed E-state index contributed by atoms with van der Waals surface area (Å²) in [4.78, 5) is 37.2. The quantitative estimate of drug-likeness (QED) is 0.304. The molecule has 0 saturated carbocycles. The van der Waals surface area contributed by atoms with Crippen LogP contribution >= 0.6 is 11.6 Å². The number of ketones is 1. The Labute approximate surface area is 188 Å². The van der Waals surface area contributed by atoms with E-state index in [1.54, 1.807) is 31.2 Å². The number of nitrogens with two attached hydrogens (primary N) is 1. The van der Waals surface area contributed by atoms with Gasteiger partial charge in [-0.25, -0.2) is 4.98 Å². The van der Waals surface area contributed by atoms with Gasteiger partial charge in [-0.1, -0.05) is 17.7 Å². The number of hydrogen-bond acceptors (Lipinski definition) is 6. The molecule has 1 amide bonds. The first-order valence-corrected chi connectivity index (χ1v) is 10.1. The van der Waals surface area contributed by atoms with Crippen LogP contribution in [-0.4, -0.2) is 33.8 Å². The summed E-state index contributed by atoms with van der Waals surface area (Å²) >= 11 is 5.91. The summed E-state index contributed by atoms with van der Waals surface area (Å²) in [7, 11) is 1.47. The van der Waals surface area contributed by atoms with Gasteiger partial charge in [-0.05, 0) is 42.8 Å². The Balaban J connectivity index is 1.66. The van der Waals surface area contributed by atoms with Crippen molar-refractivity contribution in [2.75, 3.05) is 12.4 Å². The van der Waals surface area contributed by atoms with Crippen LogP contribution in [0.3, 0.4) is 0 Å². The molecule has 4 N–H and O–H groups in total.